The highest BCUT2D eigenvalue weighted by molar-refractivity contribution is 5.99. The van der Waals surface area contributed by atoms with E-state index >= 15 is 0 Å². The molecule has 0 bridgehead atoms. The zero-order chi connectivity index (χ0) is 22.0. The Labute approximate surface area is 179 Å². The Morgan fingerprint density at radius 1 is 1.13 bits per heavy atom. The maximum Gasteiger partial charge on any atom is 0.343 e. The number of amides is 1. The molecule has 0 aliphatic carbocycles. The van der Waals surface area contributed by atoms with Crippen molar-refractivity contribution in [3.05, 3.63) is 76.6 Å². The smallest absolute Gasteiger partial charge is 0.343 e. The molecule has 2 aromatic carbocycles. The first kappa shape index (κ1) is 20.3. The number of hydrogen-bond acceptors (Lipinski definition) is 5. The maximum atomic E-state index is 12.6. The number of nitrogens with one attached hydrogen (secondary N) is 2. The summed E-state index contributed by atoms with van der Waals surface area (Å²) in [4.78, 5) is 30.4. The van der Waals surface area contributed by atoms with Crippen molar-refractivity contribution >= 4 is 22.5 Å². The molecule has 2 heterocycles. The Bertz CT molecular complexity index is 1300. The summed E-state index contributed by atoms with van der Waals surface area (Å²) >= 11 is 0. The van der Waals surface area contributed by atoms with Crippen molar-refractivity contribution in [1.29, 1.82) is 0 Å². The lowest BCUT2D eigenvalue weighted by molar-refractivity contribution is 0.0954. The molecular weight excluding hydrogens is 392 g/mol. The van der Waals surface area contributed by atoms with E-state index in [1.807, 2.05) is 55.4 Å². The zero-order valence-corrected chi connectivity index (χ0v) is 17.7. The largest absolute Gasteiger partial charge is 0.362 e. The fourth-order valence-electron chi connectivity index (χ4n) is 3.53. The van der Waals surface area contributed by atoms with Crippen LogP contribution in [0.2, 0.25) is 0 Å². The number of hydrogen-bond donors (Lipinski definition) is 2. The van der Waals surface area contributed by atoms with Crippen molar-refractivity contribution < 1.29 is 4.79 Å². The molecule has 0 saturated carbocycles. The first-order valence-electron chi connectivity index (χ1n) is 9.99. The van der Waals surface area contributed by atoms with Crippen molar-refractivity contribution in [3.8, 4) is 11.1 Å². The van der Waals surface area contributed by atoms with E-state index < -0.39 is 0 Å². The third-order valence-corrected chi connectivity index (χ3v) is 5.23. The van der Waals surface area contributed by atoms with Gasteiger partial charge in [0.05, 0.1) is 0 Å². The summed E-state index contributed by atoms with van der Waals surface area (Å²) in [5, 5.41) is 11.3. The quantitative estimate of drug-likeness (QED) is 0.503. The van der Waals surface area contributed by atoms with E-state index in [1.165, 1.54) is 4.57 Å². The van der Waals surface area contributed by atoms with Gasteiger partial charge in [0, 0.05) is 51.4 Å². The molecule has 2 N–H and O–H groups in total. The molecule has 0 radical (unpaired) electrons. The van der Waals surface area contributed by atoms with Crippen LogP contribution in [0, 0.1) is 0 Å². The standard InChI is InChI=1S/C23H24N6O2/c1-28(2)21-19(5-4-11-24-21)17-8-6-16-14-18(9-7-15(16)13-17)22(30)25-12-10-20-26-27-23(31)29(20)3/h4-9,11,13-14H,10,12H2,1-3H3,(H,25,30)(H,27,31). The number of nitrogens with zero attached hydrogens (tertiary/aromatic N) is 4. The molecule has 0 aliphatic heterocycles. The minimum absolute atomic E-state index is 0.159. The van der Waals surface area contributed by atoms with Crippen molar-refractivity contribution in [2.75, 3.05) is 25.5 Å². The molecule has 1 amide bonds. The van der Waals surface area contributed by atoms with Gasteiger partial charge in [0.1, 0.15) is 11.6 Å². The number of fused-ring (bicyclic) bond motifs is 1. The normalized spacial score (nSPS) is 10.9. The van der Waals surface area contributed by atoms with Gasteiger partial charge in [-0.25, -0.2) is 14.9 Å². The minimum Gasteiger partial charge on any atom is -0.362 e. The first-order chi connectivity index (χ1) is 14.9. The molecule has 31 heavy (non-hydrogen) atoms. The Hall–Kier alpha value is -3.94. The predicted octanol–water partition coefficient (Wildman–Crippen LogP) is 2.36. The zero-order valence-electron chi connectivity index (χ0n) is 17.7. The van der Waals surface area contributed by atoms with E-state index in [0.29, 0.717) is 24.4 Å². The summed E-state index contributed by atoms with van der Waals surface area (Å²) in [6.45, 7) is 0.391. The van der Waals surface area contributed by atoms with Gasteiger partial charge in [-0.05, 0) is 46.7 Å². The molecule has 158 valence electrons. The molecule has 4 aromatic rings. The van der Waals surface area contributed by atoms with Gasteiger partial charge in [-0.1, -0.05) is 18.2 Å². The number of anilines is 1. The summed E-state index contributed by atoms with van der Waals surface area (Å²) in [6, 6.07) is 15.8. The molecular formula is C23H24N6O2. The summed E-state index contributed by atoms with van der Waals surface area (Å²) in [7, 11) is 5.60. The lowest BCUT2D eigenvalue weighted by Crippen LogP contribution is -2.26. The average Bonchev–Trinajstić information content (AvgIpc) is 3.10. The second-order valence-electron chi connectivity index (χ2n) is 7.56. The summed E-state index contributed by atoms with van der Waals surface area (Å²) in [5.41, 5.74) is 2.46. The fraction of sp³-hybridized carbons (Fsp3) is 0.217. The van der Waals surface area contributed by atoms with Crippen LogP contribution in [0.25, 0.3) is 21.9 Å². The lowest BCUT2D eigenvalue weighted by atomic mass is 10.00. The van der Waals surface area contributed by atoms with Gasteiger partial charge in [-0.3, -0.25) is 9.36 Å². The second-order valence-corrected chi connectivity index (χ2v) is 7.56. The lowest BCUT2D eigenvalue weighted by Gasteiger charge is -2.16. The van der Waals surface area contributed by atoms with Gasteiger partial charge in [-0.15, -0.1) is 0 Å². The van der Waals surface area contributed by atoms with E-state index in [0.717, 1.165) is 27.7 Å². The number of aromatic amines is 1. The Morgan fingerprint density at radius 2 is 1.90 bits per heavy atom. The van der Waals surface area contributed by atoms with Crippen molar-refractivity contribution in [3.63, 3.8) is 0 Å². The number of pyridine rings is 1. The van der Waals surface area contributed by atoms with Crippen molar-refractivity contribution in [1.82, 2.24) is 25.1 Å². The number of H-pyrrole nitrogens is 1. The monoisotopic (exact) mass is 416 g/mol. The number of rotatable bonds is 6. The van der Waals surface area contributed by atoms with Gasteiger partial charge < -0.3 is 10.2 Å². The van der Waals surface area contributed by atoms with Gasteiger partial charge >= 0.3 is 5.69 Å². The summed E-state index contributed by atoms with van der Waals surface area (Å²) in [6.07, 6.45) is 2.26. The Kier molecular flexibility index (Phi) is 5.53. The third-order valence-electron chi connectivity index (χ3n) is 5.23. The van der Waals surface area contributed by atoms with Crippen LogP contribution in [0.1, 0.15) is 16.2 Å². The average molecular weight is 416 g/mol. The molecule has 0 fully saturated rings. The van der Waals surface area contributed by atoms with Crippen LogP contribution in [0.5, 0.6) is 0 Å². The number of carbonyl (C=O) groups excluding carboxylic acids is 1. The molecule has 0 unspecified atom stereocenters. The number of carbonyl (C=O) groups is 1. The van der Waals surface area contributed by atoms with Crippen LogP contribution >= 0.6 is 0 Å². The van der Waals surface area contributed by atoms with E-state index in [4.69, 9.17) is 0 Å². The van der Waals surface area contributed by atoms with E-state index in [-0.39, 0.29) is 11.6 Å². The van der Waals surface area contributed by atoms with E-state index in [2.05, 4.69) is 32.6 Å². The van der Waals surface area contributed by atoms with Gasteiger partial charge in [-0.2, -0.15) is 5.10 Å². The second kappa shape index (κ2) is 8.43. The highest BCUT2D eigenvalue weighted by atomic mass is 16.2. The van der Waals surface area contributed by atoms with Crippen LogP contribution in [0.4, 0.5) is 5.82 Å². The SMILES string of the molecule is CN(C)c1ncccc1-c1ccc2cc(C(=O)NCCc3n[nH]c(=O)n3C)ccc2c1. The predicted molar refractivity (Wildman–Crippen MR) is 121 cm³/mol. The van der Waals surface area contributed by atoms with Crippen LogP contribution in [-0.4, -0.2) is 46.3 Å². The maximum absolute atomic E-state index is 12.6. The van der Waals surface area contributed by atoms with Crippen molar-refractivity contribution in [2.45, 2.75) is 6.42 Å². The highest BCUT2D eigenvalue weighted by Gasteiger charge is 2.11. The molecule has 0 aliphatic rings. The fourth-order valence-corrected chi connectivity index (χ4v) is 3.53. The first-order valence-corrected chi connectivity index (χ1v) is 9.99. The van der Waals surface area contributed by atoms with Crippen LogP contribution in [0.15, 0.2) is 59.5 Å². The van der Waals surface area contributed by atoms with E-state index in [9.17, 15) is 9.59 Å². The molecule has 0 spiro atoms. The summed E-state index contributed by atoms with van der Waals surface area (Å²) in [5.74, 6) is 1.35. The molecule has 8 nitrogen and oxygen atoms in total. The number of aromatic nitrogens is 4. The Balaban J connectivity index is 1.51. The van der Waals surface area contributed by atoms with Gasteiger partial charge in [0.2, 0.25) is 0 Å². The van der Waals surface area contributed by atoms with Crippen LogP contribution in [-0.2, 0) is 13.5 Å². The minimum atomic E-state index is -0.265. The van der Waals surface area contributed by atoms with Gasteiger partial charge in [0.25, 0.3) is 5.91 Å². The summed E-state index contributed by atoms with van der Waals surface area (Å²) < 4.78 is 1.43. The van der Waals surface area contributed by atoms with E-state index in [1.54, 1.807) is 13.2 Å². The molecule has 0 saturated heterocycles. The topological polar surface area (TPSA) is 95.9 Å². The highest BCUT2D eigenvalue weighted by Crippen LogP contribution is 2.30. The van der Waals surface area contributed by atoms with Gasteiger partial charge in [0.15, 0.2) is 0 Å². The Morgan fingerprint density at radius 3 is 2.65 bits per heavy atom. The molecule has 2 aromatic heterocycles. The van der Waals surface area contributed by atoms with Crippen molar-refractivity contribution in [2.24, 2.45) is 7.05 Å². The van der Waals surface area contributed by atoms with Crippen LogP contribution < -0.4 is 15.9 Å². The van der Waals surface area contributed by atoms with Crippen LogP contribution in [0.3, 0.4) is 0 Å². The molecule has 8 heteroatoms. The third kappa shape index (κ3) is 4.18. The number of benzene rings is 2. The molecule has 4 rings (SSSR count). The molecule has 0 atom stereocenters.